The zero-order valence-corrected chi connectivity index (χ0v) is 20.2. The Morgan fingerprint density at radius 2 is 1.86 bits per heavy atom. The average Bonchev–Trinajstić information content (AvgIpc) is 3.47. The molecule has 1 atom stereocenters. The van der Waals surface area contributed by atoms with Crippen molar-refractivity contribution in [3.05, 3.63) is 101 Å². The largest absolute Gasteiger partial charge is 0.360 e. The van der Waals surface area contributed by atoms with Crippen molar-refractivity contribution in [1.29, 1.82) is 0 Å². The van der Waals surface area contributed by atoms with E-state index in [1.54, 1.807) is 31.6 Å². The van der Waals surface area contributed by atoms with Crippen LogP contribution in [0.5, 0.6) is 0 Å². The topological polar surface area (TPSA) is 62.7 Å². The van der Waals surface area contributed by atoms with Crippen LogP contribution in [-0.2, 0) is 4.79 Å². The maximum atomic E-state index is 14.5. The molecule has 5 aromatic rings. The average molecular weight is 507 g/mol. The van der Waals surface area contributed by atoms with E-state index in [-0.39, 0.29) is 23.4 Å². The molecule has 0 radical (unpaired) electrons. The Bertz CT molecular complexity index is 1510. The molecule has 0 fully saturated rings. The van der Waals surface area contributed by atoms with Gasteiger partial charge in [-0.1, -0.05) is 65.7 Å². The molecule has 5 rings (SSSR count). The number of rotatable bonds is 6. The lowest BCUT2D eigenvalue weighted by molar-refractivity contribution is -0.121. The first-order chi connectivity index (χ1) is 17.0. The van der Waals surface area contributed by atoms with Gasteiger partial charge in [0.05, 0.1) is 35.2 Å². The van der Waals surface area contributed by atoms with E-state index in [1.165, 1.54) is 6.07 Å². The predicted octanol–water partition coefficient (Wildman–Crippen LogP) is 6.87. The molecule has 176 valence electrons. The summed E-state index contributed by atoms with van der Waals surface area (Å²) in [6.45, 7) is 0. The van der Waals surface area contributed by atoms with Crippen LogP contribution in [0.3, 0.4) is 0 Å². The van der Waals surface area contributed by atoms with Gasteiger partial charge < -0.3 is 14.9 Å². The molecule has 2 aromatic heterocycles. The molecular weight excluding hydrogens is 486 g/mol. The van der Waals surface area contributed by atoms with Gasteiger partial charge in [0.1, 0.15) is 5.82 Å². The fourth-order valence-electron chi connectivity index (χ4n) is 4.32. The van der Waals surface area contributed by atoms with E-state index in [0.717, 1.165) is 28.1 Å². The van der Waals surface area contributed by atoms with Gasteiger partial charge >= 0.3 is 0 Å². The van der Waals surface area contributed by atoms with Crippen LogP contribution >= 0.6 is 23.2 Å². The van der Waals surface area contributed by atoms with Gasteiger partial charge in [-0.15, -0.1) is 0 Å². The van der Waals surface area contributed by atoms with Crippen LogP contribution in [0.1, 0.15) is 18.0 Å². The van der Waals surface area contributed by atoms with Gasteiger partial charge in [0, 0.05) is 40.3 Å². The molecule has 1 amide bonds. The summed E-state index contributed by atoms with van der Waals surface area (Å²) in [5.74, 6) is -0.630. The molecule has 0 aliphatic heterocycles. The Labute approximate surface area is 211 Å². The minimum Gasteiger partial charge on any atom is -0.360 e. The molecule has 0 spiro atoms. The number of hydrogen-bond acceptors (Lipinski definition) is 2. The Balaban J connectivity index is 1.78. The number of hydrogen-bond donors (Lipinski definition) is 2. The standard InChI is InChI=1S/C27H21Cl2FN4O/c1-31-25(35)13-24(16-7-9-18(28)10-8-16)34-15-33-26(17-5-3-2-4-6-17)27(34)20-14-32-23-12-21(29)22(30)11-19(20)23/h2-12,14-15,24,32H,13H2,1H3,(H,31,35)/t24-/m0/s1. The summed E-state index contributed by atoms with van der Waals surface area (Å²) in [5, 5.41) is 4.03. The first-order valence-corrected chi connectivity index (χ1v) is 11.8. The fraction of sp³-hybridized carbons (Fsp3) is 0.111. The smallest absolute Gasteiger partial charge is 0.222 e. The van der Waals surface area contributed by atoms with E-state index in [1.807, 2.05) is 53.2 Å². The maximum Gasteiger partial charge on any atom is 0.222 e. The Morgan fingerprint density at radius 1 is 1.11 bits per heavy atom. The summed E-state index contributed by atoms with van der Waals surface area (Å²) in [4.78, 5) is 20.5. The third kappa shape index (κ3) is 4.43. The number of nitrogens with zero attached hydrogens (tertiary/aromatic N) is 2. The van der Waals surface area contributed by atoms with Crippen LogP contribution in [0.25, 0.3) is 33.4 Å². The number of nitrogens with one attached hydrogen (secondary N) is 2. The molecule has 3 aromatic carbocycles. The van der Waals surface area contributed by atoms with Crippen LogP contribution < -0.4 is 5.32 Å². The summed E-state index contributed by atoms with van der Waals surface area (Å²) >= 11 is 12.2. The van der Waals surface area contributed by atoms with Gasteiger partial charge in [0.2, 0.25) is 5.91 Å². The molecule has 5 nitrogen and oxygen atoms in total. The number of carbonyl (C=O) groups is 1. The number of fused-ring (bicyclic) bond motifs is 1. The lowest BCUT2D eigenvalue weighted by Gasteiger charge is -2.22. The van der Waals surface area contributed by atoms with Crippen molar-refractivity contribution in [1.82, 2.24) is 19.9 Å². The van der Waals surface area contributed by atoms with Crippen molar-refractivity contribution in [2.24, 2.45) is 0 Å². The van der Waals surface area contributed by atoms with Gasteiger partial charge in [-0.2, -0.15) is 0 Å². The monoisotopic (exact) mass is 506 g/mol. The van der Waals surface area contributed by atoms with Crippen LogP contribution in [0.2, 0.25) is 10.0 Å². The Hall–Kier alpha value is -3.61. The van der Waals surface area contributed by atoms with E-state index in [9.17, 15) is 9.18 Å². The minimum atomic E-state index is -0.507. The summed E-state index contributed by atoms with van der Waals surface area (Å²) in [6.07, 6.45) is 3.72. The second-order valence-electron chi connectivity index (χ2n) is 8.17. The number of amides is 1. The third-order valence-corrected chi connectivity index (χ3v) is 6.61. The number of aromatic amines is 1. The van der Waals surface area contributed by atoms with Gasteiger partial charge in [-0.05, 0) is 29.8 Å². The van der Waals surface area contributed by atoms with Crippen LogP contribution in [-0.4, -0.2) is 27.5 Å². The van der Waals surface area contributed by atoms with E-state index in [2.05, 4.69) is 10.3 Å². The molecule has 0 saturated heterocycles. The van der Waals surface area contributed by atoms with E-state index < -0.39 is 5.82 Å². The molecule has 0 bridgehead atoms. The summed E-state index contributed by atoms with van der Waals surface area (Å²) in [5.41, 5.74) is 4.73. The first-order valence-electron chi connectivity index (χ1n) is 11.0. The van der Waals surface area contributed by atoms with Gasteiger partial charge in [-0.25, -0.2) is 9.37 Å². The van der Waals surface area contributed by atoms with Crippen LogP contribution in [0.4, 0.5) is 4.39 Å². The number of imidazole rings is 1. The Kier molecular flexibility index (Phi) is 6.32. The zero-order valence-electron chi connectivity index (χ0n) is 18.7. The van der Waals surface area contributed by atoms with Crippen LogP contribution in [0.15, 0.2) is 79.3 Å². The highest BCUT2D eigenvalue weighted by atomic mass is 35.5. The number of aromatic nitrogens is 3. The first kappa shape index (κ1) is 23.1. The molecule has 2 heterocycles. The number of carbonyl (C=O) groups excluding carboxylic acids is 1. The third-order valence-electron chi connectivity index (χ3n) is 6.07. The van der Waals surface area contributed by atoms with Crippen molar-refractivity contribution in [3.63, 3.8) is 0 Å². The summed E-state index contributed by atoms with van der Waals surface area (Å²) in [6, 6.07) is 19.8. The van der Waals surface area contributed by atoms with E-state index in [0.29, 0.717) is 15.9 Å². The number of halogens is 3. The Morgan fingerprint density at radius 3 is 2.57 bits per heavy atom. The van der Waals surface area contributed by atoms with Crippen molar-refractivity contribution in [2.75, 3.05) is 7.05 Å². The van der Waals surface area contributed by atoms with Crippen molar-refractivity contribution < 1.29 is 9.18 Å². The van der Waals surface area contributed by atoms with Gasteiger partial charge in [0.15, 0.2) is 0 Å². The SMILES string of the molecule is CNC(=O)C[C@@H](c1ccc(Cl)cc1)n1cnc(-c2ccccc2)c1-c1c[nH]c2cc(Cl)c(F)cc12. The normalized spacial score (nSPS) is 12.1. The van der Waals surface area contributed by atoms with Crippen molar-refractivity contribution in [2.45, 2.75) is 12.5 Å². The molecule has 0 aliphatic carbocycles. The van der Waals surface area contributed by atoms with Crippen LogP contribution in [0, 0.1) is 5.82 Å². The molecule has 0 aliphatic rings. The quantitative estimate of drug-likeness (QED) is 0.264. The molecule has 8 heteroatoms. The van der Waals surface area contributed by atoms with Crippen molar-refractivity contribution >= 4 is 40.0 Å². The summed E-state index contributed by atoms with van der Waals surface area (Å²) in [7, 11) is 1.61. The van der Waals surface area contributed by atoms with E-state index >= 15 is 0 Å². The highest BCUT2D eigenvalue weighted by molar-refractivity contribution is 6.31. The number of H-pyrrole nitrogens is 1. The summed E-state index contributed by atoms with van der Waals surface area (Å²) < 4.78 is 16.5. The minimum absolute atomic E-state index is 0.0429. The van der Waals surface area contributed by atoms with E-state index in [4.69, 9.17) is 28.2 Å². The molecule has 0 saturated carbocycles. The molecule has 0 unspecified atom stereocenters. The fourth-order valence-corrected chi connectivity index (χ4v) is 4.61. The predicted molar refractivity (Wildman–Crippen MR) is 138 cm³/mol. The van der Waals surface area contributed by atoms with Gasteiger partial charge in [-0.3, -0.25) is 4.79 Å². The molecular formula is C27H21Cl2FN4O. The maximum absolute atomic E-state index is 14.5. The number of benzene rings is 3. The second kappa shape index (κ2) is 9.56. The van der Waals surface area contributed by atoms with Crippen molar-refractivity contribution in [3.8, 4) is 22.5 Å². The highest BCUT2D eigenvalue weighted by Crippen LogP contribution is 2.40. The molecule has 2 N–H and O–H groups in total. The van der Waals surface area contributed by atoms with Gasteiger partial charge in [0.25, 0.3) is 0 Å². The molecule has 35 heavy (non-hydrogen) atoms. The zero-order chi connectivity index (χ0) is 24.5. The lowest BCUT2D eigenvalue weighted by atomic mass is 9.99. The second-order valence-corrected chi connectivity index (χ2v) is 9.02. The lowest BCUT2D eigenvalue weighted by Crippen LogP contribution is -2.24. The highest BCUT2D eigenvalue weighted by Gasteiger charge is 2.26.